The van der Waals surface area contributed by atoms with E-state index in [1.165, 1.54) is 25.3 Å². The molecule has 1 heterocycles. The van der Waals surface area contributed by atoms with E-state index < -0.39 is 5.97 Å². The van der Waals surface area contributed by atoms with Crippen molar-refractivity contribution in [3.05, 3.63) is 65.7 Å². The number of aromatic nitrogens is 2. The Morgan fingerprint density at radius 2 is 1.87 bits per heavy atom. The summed E-state index contributed by atoms with van der Waals surface area (Å²) in [5.41, 5.74) is 4.06. The lowest BCUT2D eigenvalue weighted by atomic mass is 10.1. The van der Waals surface area contributed by atoms with Crippen LogP contribution < -0.4 is 14.8 Å². The van der Waals surface area contributed by atoms with Crippen LogP contribution in [0.4, 0.5) is 5.82 Å². The quantitative estimate of drug-likeness (QED) is 0.542. The van der Waals surface area contributed by atoms with Gasteiger partial charge in [0.05, 0.1) is 19.9 Å². The van der Waals surface area contributed by atoms with E-state index in [2.05, 4.69) is 39.1 Å². The van der Waals surface area contributed by atoms with Crippen LogP contribution in [0.5, 0.6) is 11.8 Å². The third-order valence-electron chi connectivity index (χ3n) is 4.56. The van der Waals surface area contributed by atoms with E-state index >= 15 is 0 Å². The van der Waals surface area contributed by atoms with Crippen LogP contribution in [0, 0.1) is 6.92 Å². The summed E-state index contributed by atoms with van der Waals surface area (Å²) in [4.78, 5) is 20.1. The summed E-state index contributed by atoms with van der Waals surface area (Å²) in [5, 5.41) is 3.34. The molecule has 0 unspecified atom stereocenters. The zero-order chi connectivity index (χ0) is 21.3. The van der Waals surface area contributed by atoms with Crippen molar-refractivity contribution in [1.29, 1.82) is 0 Å². The van der Waals surface area contributed by atoms with Gasteiger partial charge in [0.25, 0.3) is 0 Å². The maximum atomic E-state index is 11.3. The van der Waals surface area contributed by atoms with Gasteiger partial charge >= 0.3 is 12.0 Å². The fourth-order valence-electron chi connectivity index (χ4n) is 2.92. The number of carbonyl (C=O) groups excluding carboxylic acids is 1. The molecule has 0 aliphatic rings. The number of hydrogen-bond acceptors (Lipinski definition) is 7. The Labute approximate surface area is 176 Å². The van der Waals surface area contributed by atoms with Gasteiger partial charge in [-0.05, 0) is 36.6 Å². The largest absolute Gasteiger partial charge is 0.482 e. The maximum Gasteiger partial charge on any atom is 0.343 e. The van der Waals surface area contributed by atoms with Gasteiger partial charge in [-0.1, -0.05) is 36.4 Å². The number of aryl methyl sites for hydroxylation is 1. The first-order valence-corrected chi connectivity index (χ1v) is 9.60. The second kappa shape index (κ2) is 10.2. The third-order valence-corrected chi connectivity index (χ3v) is 4.56. The van der Waals surface area contributed by atoms with Crippen LogP contribution >= 0.6 is 0 Å². The number of carbonyl (C=O) groups is 1. The van der Waals surface area contributed by atoms with Crippen LogP contribution in [-0.4, -0.2) is 43.3 Å². The summed E-state index contributed by atoms with van der Waals surface area (Å²) in [6, 6.07) is 17.8. The fourth-order valence-corrected chi connectivity index (χ4v) is 2.92. The van der Waals surface area contributed by atoms with Gasteiger partial charge in [0, 0.05) is 18.2 Å². The van der Waals surface area contributed by atoms with E-state index in [9.17, 15) is 4.79 Å². The normalized spacial score (nSPS) is 10.4. The van der Waals surface area contributed by atoms with Crippen molar-refractivity contribution >= 4 is 11.8 Å². The molecule has 3 rings (SSSR count). The van der Waals surface area contributed by atoms with Crippen LogP contribution in [0.2, 0.25) is 0 Å². The molecule has 0 aliphatic carbocycles. The predicted octanol–water partition coefficient (Wildman–Crippen LogP) is 3.67. The Hall–Kier alpha value is -3.61. The molecule has 0 spiro atoms. The van der Waals surface area contributed by atoms with Gasteiger partial charge in [0.2, 0.25) is 0 Å². The van der Waals surface area contributed by atoms with Crippen molar-refractivity contribution in [2.45, 2.75) is 13.3 Å². The van der Waals surface area contributed by atoms with Crippen molar-refractivity contribution in [3.8, 4) is 23.0 Å². The minimum absolute atomic E-state index is 0.154. The standard InChI is InChI=1S/C23H25N3O4/c1-16-7-4-5-8-17(16)11-12-24-21-14-20(25-23(26-21)29-3)18-9-6-10-19(13-18)30-15-22(27)28-2/h4-10,13-14H,11-12,15H2,1-3H3,(H,24,25,26). The molecule has 3 aromatic rings. The number of ether oxygens (including phenoxy) is 3. The Bertz CT molecular complexity index is 1010. The lowest BCUT2D eigenvalue weighted by Crippen LogP contribution is -2.12. The van der Waals surface area contributed by atoms with Crippen LogP contribution in [0.1, 0.15) is 11.1 Å². The highest BCUT2D eigenvalue weighted by Crippen LogP contribution is 2.26. The first-order chi connectivity index (χ1) is 14.6. The van der Waals surface area contributed by atoms with Gasteiger partial charge in [-0.2, -0.15) is 9.97 Å². The van der Waals surface area contributed by atoms with E-state index in [4.69, 9.17) is 9.47 Å². The van der Waals surface area contributed by atoms with E-state index in [-0.39, 0.29) is 12.6 Å². The van der Waals surface area contributed by atoms with Crippen LogP contribution in [0.3, 0.4) is 0 Å². The topological polar surface area (TPSA) is 82.6 Å². The maximum absolute atomic E-state index is 11.3. The zero-order valence-corrected chi connectivity index (χ0v) is 17.3. The predicted molar refractivity (Wildman–Crippen MR) is 115 cm³/mol. The van der Waals surface area contributed by atoms with Crippen molar-refractivity contribution < 1.29 is 19.0 Å². The molecule has 0 saturated carbocycles. The second-order valence-electron chi connectivity index (χ2n) is 6.62. The lowest BCUT2D eigenvalue weighted by molar-refractivity contribution is -0.142. The lowest BCUT2D eigenvalue weighted by Gasteiger charge is -2.11. The molecule has 30 heavy (non-hydrogen) atoms. The summed E-state index contributed by atoms with van der Waals surface area (Å²) in [7, 11) is 2.86. The van der Waals surface area contributed by atoms with Crippen molar-refractivity contribution in [2.75, 3.05) is 32.7 Å². The minimum Gasteiger partial charge on any atom is -0.482 e. The first-order valence-electron chi connectivity index (χ1n) is 9.60. The summed E-state index contributed by atoms with van der Waals surface area (Å²) in [5.74, 6) is 0.778. The molecule has 0 aliphatic heterocycles. The molecular formula is C23H25N3O4. The monoisotopic (exact) mass is 407 g/mol. The molecule has 7 nitrogen and oxygen atoms in total. The molecule has 0 bridgehead atoms. The summed E-state index contributed by atoms with van der Waals surface area (Å²) in [6.07, 6.45) is 0.880. The van der Waals surface area contributed by atoms with Gasteiger partial charge in [0.15, 0.2) is 6.61 Å². The van der Waals surface area contributed by atoms with Gasteiger partial charge in [0.1, 0.15) is 11.6 Å². The third kappa shape index (κ3) is 5.70. The van der Waals surface area contributed by atoms with Crippen molar-refractivity contribution in [2.24, 2.45) is 0 Å². The number of methoxy groups -OCH3 is 2. The van der Waals surface area contributed by atoms with E-state index in [1.807, 2.05) is 36.4 Å². The molecule has 0 amide bonds. The number of rotatable bonds is 9. The van der Waals surface area contributed by atoms with Crippen LogP contribution in [0.15, 0.2) is 54.6 Å². The van der Waals surface area contributed by atoms with E-state index in [1.54, 1.807) is 6.07 Å². The Kier molecular flexibility index (Phi) is 7.21. The number of hydrogen-bond donors (Lipinski definition) is 1. The molecule has 0 fully saturated rings. The highest BCUT2D eigenvalue weighted by Gasteiger charge is 2.09. The number of esters is 1. The van der Waals surface area contributed by atoms with E-state index in [0.717, 1.165) is 18.5 Å². The Morgan fingerprint density at radius 3 is 2.63 bits per heavy atom. The molecule has 1 aromatic heterocycles. The molecule has 0 saturated heterocycles. The van der Waals surface area contributed by atoms with Crippen LogP contribution in [0.25, 0.3) is 11.3 Å². The van der Waals surface area contributed by atoms with Crippen molar-refractivity contribution in [3.63, 3.8) is 0 Å². The minimum atomic E-state index is -0.441. The molecule has 0 radical (unpaired) electrons. The fraction of sp³-hybridized carbons (Fsp3) is 0.261. The molecular weight excluding hydrogens is 382 g/mol. The van der Waals surface area contributed by atoms with E-state index in [0.29, 0.717) is 17.3 Å². The number of nitrogens with one attached hydrogen (secondary N) is 1. The molecule has 156 valence electrons. The average Bonchev–Trinajstić information content (AvgIpc) is 2.78. The highest BCUT2D eigenvalue weighted by atomic mass is 16.6. The van der Waals surface area contributed by atoms with Crippen molar-refractivity contribution in [1.82, 2.24) is 9.97 Å². The van der Waals surface area contributed by atoms with Gasteiger partial charge in [-0.15, -0.1) is 0 Å². The highest BCUT2D eigenvalue weighted by molar-refractivity contribution is 5.71. The molecule has 1 N–H and O–H groups in total. The molecule has 2 aromatic carbocycles. The number of anilines is 1. The first kappa shape index (κ1) is 21.1. The number of nitrogens with zero attached hydrogens (tertiary/aromatic N) is 2. The van der Waals surface area contributed by atoms with Crippen LogP contribution in [-0.2, 0) is 16.0 Å². The SMILES string of the molecule is COC(=O)COc1cccc(-c2cc(NCCc3ccccc3C)nc(OC)n2)c1. The van der Waals surface area contributed by atoms with Gasteiger partial charge in [-0.25, -0.2) is 4.79 Å². The zero-order valence-electron chi connectivity index (χ0n) is 17.3. The Balaban J connectivity index is 1.74. The molecule has 0 atom stereocenters. The number of benzene rings is 2. The Morgan fingerprint density at radius 1 is 1.03 bits per heavy atom. The summed E-state index contributed by atoms with van der Waals surface area (Å²) < 4.78 is 15.3. The van der Waals surface area contributed by atoms with Gasteiger partial charge < -0.3 is 19.5 Å². The second-order valence-corrected chi connectivity index (χ2v) is 6.62. The average molecular weight is 407 g/mol. The summed E-state index contributed by atoms with van der Waals surface area (Å²) in [6.45, 7) is 2.68. The smallest absolute Gasteiger partial charge is 0.343 e. The molecule has 7 heteroatoms. The van der Waals surface area contributed by atoms with Gasteiger partial charge in [-0.3, -0.25) is 0 Å². The summed E-state index contributed by atoms with van der Waals surface area (Å²) >= 11 is 0.